The van der Waals surface area contributed by atoms with Gasteiger partial charge < -0.3 is 9.64 Å². The van der Waals surface area contributed by atoms with Crippen molar-refractivity contribution in [2.45, 2.75) is 39.0 Å². The highest BCUT2D eigenvalue weighted by atomic mass is 16.5. The molecule has 0 saturated carbocycles. The molecular weight excluding hydrogens is 358 g/mol. The van der Waals surface area contributed by atoms with Crippen LogP contribution in [0.3, 0.4) is 0 Å². The lowest BCUT2D eigenvalue weighted by atomic mass is 9.89. The van der Waals surface area contributed by atoms with Crippen molar-refractivity contribution in [1.82, 2.24) is 14.7 Å². The molecule has 1 saturated heterocycles. The number of ether oxygens (including phenoxy) is 1. The number of benzene rings is 2. The van der Waals surface area contributed by atoms with E-state index >= 15 is 0 Å². The van der Waals surface area contributed by atoms with Crippen LogP contribution in [0.5, 0.6) is 5.75 Å². The summed E-state index contributed by atoms with van der Waals surface area (Å²) in [6, 6.07) is 17.1. The zero-order valence-corrected chi connectivity index (χ0v) is 17.2. The first-order valence-corrected chi connectivity index (χ1v) is 10.9. The fourth-order valence-corrected chi connectivity index (χ4v) is 4.72. The minimum atomic E-state index is 0.777. The van der Waals surface area contributed by atoms with Crippen molar-refractivity contribution in [3.05, 3.63) is 65.4 Å². The number of aryl methyl sites for hydroxylation is 2. The highest BCUT2D eigenvalue weighted by Gasteiger charge is 2.23. The van der Waals surface area contributed by atoms with E-state index in [0.717, 1.165) is 49.5 Å². The first-order chi connectivity index (χ1) is 14.3. The second kappa shape index (κ2) is 8.03. The molecule has 0 amide bonds. The summed E-state index contributed by atoms with van der Waals surface area (Å²) in [5.41, 5.74) is 7.59. The minimum Gasteiger partial charge on any atom is -0.494 e. The van der Waals surface area contributed by atoms with Crippen molar-refractivity contribution in [1.29, 1.82) is 0 Å². The summed E-state index contributed by atoms with van der Waals surface area (Å²) < 4.78 is 8.09. The topological polar surface area (TPSA) is 30.3 Å². The Hall–Kier alpha value is -2.59. The van der Waals surface area contributed by atoms with Gasteiger partial charge in [0, 0.05) is 17.7 Å². The monoisotopic (exact) mass is 387 g/mol. The van der Waals surface area contributed by atoms with E-state index in [2.05, 4.69) is 65.0 Å². The van der Waals surface area contributed by atoms with Crippen LogP contribution in [0.4, 0.5) is 0 Å². The average Bonchev–Trinajstić information content (AvgIpc) is 3.40. The molecule has 2 heterocycles. The smallest absolute Gasteiger partial charge is 0.119 e. The number of nitrogens with zero attached hydrogens (tertiary/aromatic N) is 3. The number of aromatic nitrogens is 2. The van der Waals surface area contributed by atoms with Crippen LogP contribution in [0, 0.1) is 6.92 Å². The molecule has 0 bridgehead atoms. The zero-order valence-electron chi connectivity index (χ0n) is 17.2. The molecule has 29 heavy (non-hydrogen) atoms. The Morgan fingerprint density at radius 2 is 1.76 bits per heavy atom. The van der Waals surface area contributed by atoms with E-state index in [1.54, 1.807) is 0 Å². The number of hydrogen-bond donors (Lipinski definition) is 0. The molecule has 2 aliphatic rings. The molecule has 150 valence electrons. The lowest BCUT2D eigenvalue weighted by Crippen LogP contribution is -2.21. The fourth-order valence-electron chi connectivity index (χ4n) is 4.72. The molecule has 1 aliphatic heterocycles. The largest absolute Gasteiger partial charge is 0.494 e. The summed E-state index contributed by atoms with van der Waals surface area (Å²) in [6.07, 6.45) is 5.95. The second-order valence-corrected chi connectivity index (χ2v) is 8.23. The van der Waals surface area contributed by atoms with E-state index in [1.807, 2.05) is 0 Å². The molecule has 2 aromatic carbocycles. The van der Waals surface area contributed by atoms with Gasteiger partial charge in [0.1, 0.15) is 5.75 Å². The van der Waals surface area contributed by atoms with E-state index in [4.69, 9.17) is 9.84 Å². The van der Waals surface area contributed by atoms with Crippen molar-refractivity contribution in [2.75, 3.05) is 26.2 Å². The van der Waals surface area contributed by atoms with Gasteiger partial charge in [-0.25, -0.2) is 4.68 Å². The van der Waals surface area contributed by atoms with Crippen molar-refractivity contribution < 1.29 is 4.74 Å². The summed E-state index contributed by atoms with van der Waals surface area (Å²) in [5.74, 6) is 0.938. The van der Waals surface area contributed by atoms with Gasteiger partial charge >= 0.3 is 0 Å². The van der Waals surface area contributed by atoms with Gasteiger partial charge in [0.25, 0.3) is 0 Å². The minimum absolute atomic E-state index is 0.777. The molecule has 5 rings (SSSR count). The third-order valence-corrected chi connectivity index (χ3v) is 6.27. The van der Waals surface area contributed by atoms with Gasteiger partial charge in [0.15, 0.2) is 0 Å². The molecule has 3 aromatic rings. The molecule has 4 heteroatoms. The quantitative estimate of drug-likeness (QED) is 0.569. The van der Waals surface area contributed by atoms with Crippen LogP contribution in [0.15, 0.2) is 48.5 Å². The van der Waals surface area contributed by atoms with Gasteiger partial charge in [0.05, 0.1) is 23.7 Å². The van der Waals surface area contributed by atoms with Gasteiger partial charge in [-0.1, -0.05) is 24.3 Å². The Kier molecular flexibility index (Phi) is 5.11. The standard InChI is InChI=1S/C25H29N3O/c1-19-23-14-9-20-7-2-3-8-24(20)25(23)28(26-19)21-10-12-22(13-11-21)29-18-6-17-27-15-4-5-16-27/h2-3,7-8,10-13H,4-6,9,14-18H2,1H3. The van der Waals surface area contributed by atoms with E-state index in [-0.39, 0.29) is 0 Å². The number of rotatable bonds is 6. The molecule has 4 nitrogen and oxygen atoms in total. The molecule has 0 N–H and O–H groups in total. The van der Waals surface area contributed by atoms with Crippen LogP contribution in [-0.4, -0.2) is 40.9 Å². The molecule has 0 unspecified atom stereocenters. The van der Waals surface area contributed by atoms with E-state index in [1.165, 1.54) is 48.3 Å². The summed E-state index contributed by atoms with van der Waals surface area (Å²) in [5, 5.41) is 4.88. The lowest BCUT2D eigenvalue weighted by Gasteiger charge is -2.18. The van der Waals surface area contributed by atoms with Crippen LogP contribution in [0.1, 0.15) is 36.1 Å². The molecule has 0 atom stereocenters. The van der Waals surface area contributed by atoms with Crippen LogP contribution in [0.25, 0.3) is 16.9 Å². The average molecular weight is 388 g/mol. The van der Waals surface area contributed by atoms with Gasteiger partial charge in [-0.15, -0.1) is 0 Å². The van der Waals surface area contributed by atoms with Crippen molar-refractivity contribution in [2.24, 2.45) is 0 Å². The summed E-state index contributed by atoms with van der Waals surface area (Å²) in [6.45, 7) is 6.56. The Labute approximate surface area is 173 Å². The van der Waals surface area contributed by atoms with Crippen LogP contribution in [-0.2, 0) is 12.8 Å². The predicted molar refractivity (Wildman–Crippen MR) is 117 cm³/mol. The first-order valence-electron chi connectivity index (χ1n) is 10.9. The lowest BCUT2D eigenvalue weighted by molar-refractivity contribution is 0.263. The maximum atomic E-state index is 5.97. The summed E-state index contributed by atoms with van der Waals surface area (Å²) in [7, 11) is 0. The van der Waals surface area contributed by atoms with Crippen molar-refractivity contribution in [3.63, 3.8) is 0 Å². The Bertz CT molecular complexity index is 984. The highest BCUT2D eigenvalue weighted by molar-refractivity contribution is 5.72. The SMILES string of the molecule is Cc1nn(-c2ccc(OCCCN3CCCC3)cc2)c2c1CCc1ccccc1-2. The van der Waals surface area contributed by atoms with Crippen LogP contribution >= 0.6 is 0 Å². The molecule has 1 aromatic heterocycles. The van der Waals surface area contributed by atoms with E-state index in [0.29, 0.717) is 0 Å². The maximum Gasteiger partial charge on any atom is 0.119 e. The van der Waals surface area contributed by atoms with E-state index in [9.17, 15) is 0 Å². The predicted octanol–water partition coefficient (Wildman–Crippen LogP) is 4.81. The fraction of sp³-hybridized carbons (Fsp3) is 0.400. The van der Waals surface area contributed by atoms with Gasteiger partial charge in [0.2, 0.25) is 0 Å². The Balaban J connectivity index is 1.31. The highest BCUT2D eigenvalue weighted by Crippen LogP contribution is 2.36. The molecule has 1 fully saturated rings. The number of likely N-dealkylation sites (tertiary alicyclic amines) is 1. The van der Waals surface area contributed by atoms with Crippen molar-refractivity contribution >= 4 is 0 Å². The third-order valence-electron chi connectivity index (χ3n) is 6.27. The van der Waals surface area contributed by atoms with Crippen LogP contribution < -0.4 is 4.74 Å². The molecular formula is C25H29N3O. The maximum absolute atomic E-state index is 5.97. The number of fused-ring (bicyclic) bond motifs is 3. The Morgan fingerprint density at radius 1 is 0.966 bits per heavy atom. The summed E-state index contributed by atoms with van der Waals surface area (Å²) >= 11 is 0. The van der Waals surface area contributed by atoms with Gasteiger partial charge in [-0.05, 0) is 81.9 Å². The zero-order chi connectivity index (χ0) is 19.6. The van der Waals surface area contributed by atoms with Gasteiger partial charge in [-0.3, -0.25) is 0 Å². The molecule has 1 aliphatic carbocycles. The number of hydrogen-bond acceptors (Lipinski definition) is 3. The second-order valence-electron chi connectivity index (χ2n) is 8.23. The molecule has 0 radical (unpaired) electrons. The normalized spacial score (nSPS) is 15.9. The summed E-state index contributed by atoms with van der Waals surface area (Å²) in [4.78, 5) is 2.54. The third kappa shape index (κ3) is 3.69. The van der Waals surface area contributed by atoms with Crippen LogP contribution in [0.2, 0.25) is 0 Å². The van der Waals surface area contributed by atoms with Gasteiger partial charge in [-0.2, -0.15) is 5.10 Å². The van der Waals surface area contributed by atoms with Crippen molar-refractivity contribution in [3.8, 4) is 22.7 Å². The first kappa shape index (κ1) is 18.4. The van der Waals surface area contributed by atoms with E-state index < -0.39 is 0 Å². The Morgan fingerprint density at radius 3 is 2.59 bits per heavy atom. The molecule has 0 spiro atoms.